The highest BCUT2D eigenvalue weighted by Crippen LogP contribution is 2.29. The van der Waals surface area contributed by atoms with Crippen molar-refractivity contribution in [1.29, 1.82) is 0 Å². The van der Waals surface area contributed by atoms with Crippen molar-refractivity contribution in [3.8, 4) is 0 Å². The van der Waals surface area contributed by atoms with Crippen molar-refractivity contribution >= 4 is 34.6 Å². The maximum Gasteiger partial charge on any atom is 0.349 e. The van der Waals surface area contributed by atoms with Gasteiger partial charge in [0.1, 0.15) is 4.88 Å². The molecule has 0 saturated heterocycles. The van der Waals surface area contributed by atoms with Gasteiger partial charge in [0.15, 0.2) is 6.10 Å². The molecule has 1 aliphatic rings. The molecule has 0 aliphatic heterocycles. The van der Waals surface area contributed by atoms with Crippen molar-refractivity contribution in [3.05, 3.63) is 55.8 Å². The lowest BCUT2D eigenvalue weighted by Crippen LogP contribution is -2.29. The number of ether oxygens (including phenoxy) is 1. The minimum atomic E-state index is -1.02. The van der Waals surface area contributed by atoms with Gasteiger partial charge in [-0.25, -0.2) is 4.79 Å². The highest BCUT2D eigenvalue weighted by atomic mass is 32.1. The quantitative estimate of drug-likeness (QED) is 0.360. The molecular formula is C19H20N2O5S. The Bertz CT molecular complexity index is 853. The van der Waals surface area contributed by atoms with Crippen LogP contribution in [0.3, 0.4) is 0 Å². The average molecular weight is 388 g/mol. The van der Waals surface area contributed by atoms with Gasteiger partial charge in [-0.2, -0.15) is 0 Å². The van der Waals surface area contributed by atoms with Gasteiger partial charge < -0.3 is 10.1 Å². The number of nitro benzene ring substituents is 1. The van der Waals surface area contributed by atoms with Gasteiger partial charge >= 0.3 is 5.97 Å². The summed E-state index contributed by atoms with van der Waals surface area (Å²) in [6.07, 6.45) is 4.40. The molecule has 1 amide bonds. The number of carbonyl (C=O) groups is 2. The number of nitrogens with one attached hydrogen (secondary N) is 1. The Kier molecular flexibility index (Phi) is 5.85. The number of thiophene rings is 1. The minimum absolute atomic E-state index is 0.127. The number of esters is 1. The first-order chi connectivity index (χ1) is 12.9. The lowest BCUT2D eigenvalue weighted by Gasteiger charge is -2.13. The zero-order chi connectivity index (χ0) is 19.4. The summed E-state index contributed by atoms with van der Waals surface area (Å²) in [5, 5.41) is 13.3. The van der Waals surface area contributed by atoms with Crippen molar-refractivity contribution in [2.24, 2.45) is 0 Å². The van der Waals surface area contributed by atoms with Crippen molar-refractivity contribution in [2.45, 2.75) is 45.1 Å². The molecule has 0 bridgehead atoms. The van der Waals surface area contributed by atoms with E-state index < -0.39 is 22.9 Å². The number of hydrogen-bond acceptors (Lipinski definition) is 6. The Hall–Kier alpha value is -2.74. The topological polar surface area (TPSA) is 98.5 Å². The number of benzene rings is 1. The molecule has 3 rings (SSSR count). The molecule has 0 fully saturated rings. The van der Waals surface area contributed by atoms with Gasteiger partial charge in [-0.15, -0.1) is 11.3 Å². The van der Waals surface area contributed by atoms with Gasteiger partial charge in [-0.1, -0.05) is 12.5 Å². The number of hydrogen-bond donors (Lipinski definition) is 1. The molecular weight excluding hydrogens is 368 g/mol. The summed E-state index contributed by atoms with van der Waals surface area (Å²) in [6, 6.07) is 7.47. The zero-order valence-corrected chi connectivity index (χ0v) is 15.7. The number of rotatable bonds is 5. The molecule has 27 heavy (non-hydrogen) atoms. The van der Waals surface area contributed by atoms with E-state index in [0.717, 1.165) is 25.7 Å². The van der Waals surface area contributed by atoms with Gasteiger partial charge in [-0.3, -0.25) is 14.9 Å². The van der Waals surface area contributed by atoms with Crippen LogP contribution in [-0.2, 0) is 22.4 Å². The van der Waals surface area contributed by atoms with Crippen LogP contribution in [0.15, 0.2) is 30.3 Å². The van der Waals surface area contributed by atoms with Crippen LogP contribution in [0.5, 0.6) is 0 Å². The van der Waals surface area contributed by atoms with Crippen molar-refractivity contribution in [3.63, 3.8) is 0 Å². The maximum absolute atomic E-state index is 12.4. The molecule has 0 spiro atoms. The van der Waals surface area contributed by atoms with Crippen LogP contribution < -0.4 is 5.32 Å². The summed E-state index contributed by atoms with van der Waals surface area (Å²) in [5.41, 5.74) is 1.36. The van der Waals surface area contributed by atoms with Crippen LogP contribution in [-0.4, -0.2) is 22.9 Å². The van der Waals surface area contributed by atoms with Gasteiger partial charge in [0.2, 0.25) is 0 Å². The van der Waals surface area contributed by atoms with E-state index in [1.807, 2.05) is 6.07 Å². The number of nitrogens with zero attached hydrogens (tertiary/aromatic N) is 1. The smallest absolute Gasteiger partial charge is 0.349 e. The molecule has 1 aromatic heterocycles. The first-order valence-electron chi connectivity index (χ1n) is 8.82. The predicted molar refractivity (Wildman–Crippen MR) is 102 cm³/mol. The fourth-order valence-electron chi connectivity index (χ4n) is 2.98. The SMILES string of the molecule is CC(OC(=O)c1cc2c(s1)CCCCC2)C(=O)Nc1cccc([N+](=O)[O-])c1. The van der Waals surface area contributed by atoms with Crippen LogP contribution in [0, 0.1) is 10.1 Å². The summed E-state index contributed by atoms with van der Waals surface area (Å²) in [5.74, 6) is -1.06. The van der Waals surface area contributed by atoms with E-state index in [9.17, 15) is 19.7 Å². The molecule has 7 nitrogen and oxygen atoms in total. The highest BCUT2D eigenvalue weighted by molar-refractivity contribution is 7.14. The highest BCUT2D eigenvalue weighted by Gasteiger charge is 2.22. The molecule has 1 aliphatic carbocycles. The predicted octanol–water partition coefficient (Wildman–Crippen LogP) is 4.11. The molecule has 1 unspecified atom stereocenters. The molecule has 1 N–H and O–H groups in total. The Balaban J connectivity index is 1.61. The van der Waals surface area contributed by atoms with E-state index in [2.05, 4.69) is 5.32 Å². The third kappa shape index (κ3) is 4.71. The first kappa shape index (κ1) is 19.0. The standard InChI is InChI=1S/C19H20N2O5S/c1-12(18(22)20-14-7-5-8-15(11-14)21(24)25)26-19(23)17-10-13-6-3-2-4-9-16(13)27-17/h5,7-8,10-12H,2-4,6,9H2,1H3,(H,20,22). The number of aryl methyl sites for hydroxylation is 2. The zero-order valence-electron chi connectivity index (χ0n) is 14.9. The molecule has 8 heteroatoms. The summed E-state index contributed by atoms with van der Waals surface area (Å²) < 4.78 is 5.28. The van der Waals surface area contributed by atoms with Gasteiger partial charge in [0.25, 0.3) is 11.6 Å². The third-order valence-electron chi connectivity index (χ3n) is 4.43. The number of carbonyl (C=O) groups excluding carboxylic acids is 2. The fourth-order valence-corrected chi connectivity index (χ4v) is 4.12. The molecule has 0 saturated carbocycles. The number of anilines is 1. The third-order valence-corrected chi connectivity index (χ3v) is 5.64. The average Bonchev–Trinajstić information content (AvgIpc) is 2.92. The lowest BCUT2D eigenvalue weighted by atomic mass is 10.1. The molecule has 142 valence electrons. The van der Waals surface area contributed by atoms with Crippen molar-refractivity contribution < 1.29 is 19.2 Å². The summed E-state index contributed by atoms with van der Waals surface area (Å²) in [6.45, 7) is 1.48. The van der Waals surface area contributed by atoms with Crippen molar-refractivity contribution in [1.82, 2.24) is 0 Å². The minimum Gasteiger partial charge on any atom is -0.448 e. The van der Waals surface area contributed by atoms with Crippen LogP contribution in [0.4, 0.5) is 11.4 Å². The first-order valence-corrected chi connectivity index (χ1v) is 9.63. The fraction of sp³-hybridized carbons (Fsp3) is 0.368. The van der Waals surface area contributed by atoms with Crippen LogP contribution in [0.1, 0.15) is 46.3 Å². The summed E-state index contributed by atoms with van der Waals surface area (Å²) in [4.78, 5) is 36.6. The van der Waals surface area contributed by atoms with Crippen molar-refractivity contribution in [2.75, 3.05) is 5.32 Å². The number of fused-ring (bicyclic) bond motifs is 1. The Morgan fingerprint density at radius 3 is 2.78 bits per heavy atom. The van der Waals surface area contributed by atoms with E-state index in [1.165, 1.54) is 59.4 Å². The van der Waals surface area contributed by atoms with Gasteiger partial charge in [0, 0.05) is 22.7 Å². The Labute approximate surface area is 160 Å². The van der Waals surface area contributed by atoms with Crippen LogP contribution >= 0.6 is 11.3 Å². The van der Waals surface area contributed by atoms with E-state index in [0.29, 0.717) is 4.88 Å². The molecule has 1 heterocycles. The van der Waals surface area contributed by atoms with Crippen LogP contribution in [0.2, 0.25) is 0 Å². The maximum atomic E-state index is 12.4. The molecule has 1 aromatic carbocycles. The molecule has 0 radical (unpaired) electrons. The largest absolute Gasteiger partial charge is 0.448 e. The van der Waals surface area contributed by atoms with Gasteiger partial charge in [-0.05, 0) is 50.3 Å². The molecule has 2 aromatic rings. The number of amides is 1. The van der Waals surface area contributed by atoms with E-state index in [4.69, 9.17) is 4.74 Å². The Morgan fingerprint density at radius 2 is 2.00 bits per heavy atom. The van der Waals surface area contributed by atoms with E-state index in [1.54, 1.807) is 0 Å². The normalized spacial score (nSPS) is 14.6. The number of non-ortho nitro benzene ring substituents is 1. The second-order valence-corrected chi connectivity index (χ2v) is 7.60. The van der Waals surface area contributed by atoms with Crippen LogP contribution in [0.25, 0.3) is 0 Å². The second-order valence-electron chi connectivity index (χ2n) is 6.46. The lowest BCUT2D eigenvalue weighted by molar-refractivity contribution is -0.384. The Morgan fingerprint density at radius 1 is 1.22 bits per heavy atom. The monoisotopic (exact) mass is 388 g/mol. The van der Waals surface area contributed by atoms with E-state index in [-0.39, 0.29) is 11.4 Å². The van der Waals surface area contributed by atoms with Gasteiger partial charge in [0.05, 0.1) is 4.92 Å². The number of nitro groups is 1. The second kappa shape index (κ2) is 8.30. The van der Waals surface area contributed by atoms with E-state index >= 15 is 0 Å². The molecule has 1 atom stereocenters. The summed E-state index contributed by atoms with van der Waals surface area (Å²) in [7, 11) is 0. The summed E-state index contributed by atoms with van der Waals surface area (Å²) >= 11 is 1.44.